The summed E-state index contributed by atoms with van der Waals surface area (Å²) in [4.78, 5) is 11.5. The maximum atomic E-state index is 11.5. The third-order valence-electron chi connectivity index (χ3n) is 2.65. The highest BCUT2D eigenvalue weighted by Gasteiger charge is 2.16. The van der Waals surface area contributed by atoms with Crippen molar-refractivity contribution in [1.29, 1.82) is 0 Å². The molecule has 0 aliphatic carbocycles. The van der Waals surface area contributed by atoms with E-state index in [1.807, 2.05) is 0 Å². The third-order valence-corrected chi connectivity index (χ3v) is 4.82. The van der Waals surface area contributed by atoms with Gasteiger partial charge in [0.1, 0.15) is 6.61 Å². The van der Waals surface area contributed by atoms with Gasteiger partial charge < -0.3 is 10.5 Å². The molecule has 0 saturated carbocycles. The Hall–Kier alpha value is -1.56. The van der Waals surface area contributed by atoms with Crippen molar-refractivity contribution >= 4 is 21.5 Å². The molecule has 0 aliphatic heterocycles. The lowest BCUT2D eigenvalue weighted by Crippen LogP contribution is -2.22. The van der Waals surface area contributed by atoms with E-state index in [1.54, 1.807) is 38.1 Å². The smallest absolute Gasteiger partial charge is 0.310 e. The number of carbonyl (C=O) groups is 1. The number of rotatable bonds is 6. The van der Waals surface area contributed by atoms with Gasteiger partial charge >= 0.3 is 5.97 Å². The molecule has 1 aromatic rings. The first kappa shape index (κ1) is 15.5. The van der Waals surface area contributed by atoms with Gasteiger partial charge in [-0.05, 0) is 31.5 Å². The normalized spacial score (nSPS) is 11.5. The molecule has 106 valence electrons. The van der Waals surface area contributed by atoms with Crippen LogP contribution in [0.25, 0.3) is 0 Å². The van der Waals surface area contributed by atoms with Crippen molar-refractivity contribution in [2.75, 3.05) is 18.1 Å². The maximum Gasteiger partial charge on any atom is 0.310 e. The van der Waals surface area contributed by atoms with Crippen molar-refractivity contribution in [1.82, 2.24) is 0 Å². The summed E-state index contributed by atoms with van der Waals surface area (Å²) >= 11 is 0. The highest BCUT2D eigenvalue weighted by Crippen LogP contribution is 2.08. The Morgan fingerprint density at radius 1 is 1.37 bits per heavy atom. The number of ether oxygens (including phenoxy) is 1. The largest absolute Gasteiger partial charge is 0.464 e. The molecule has 19 heavy (non-hydrogen) atoms. The van der Waals surface area contributed by atoms with Crippen LogP contribution in [0.15, 0.2) is 24.3 Å². The van der Waals surface area contributed by atoms with Crippen molar-refractivity contribution in [2.45, 2.75) is 25.5 Å². The number of nitrogen functional groups attached to an aromatic ring is 1. The number of sulfone groups is 1. The molecule has 6 heteroatoms. The molecule has 0 amide bonds. The van der Waals surface area contributed by atoms with Gasteiger partial charge in [0.15, 0.2) is 9.84 Å². The number of esters is 1. The quantitative estimate of drug-likeness (QED) is 0.626. The van der Waals surface area contributed by atoms with Crippen LogP contribution in [0.3, 0.4) is 0 Å². The SMILES string of the molecule is CC(C)S(=O)(=O)CCOC(=O)Cc1cccc(N)c1. The minimum Gasteiger partial charge on any atom is -0.464 e. The lowest BCUT2D eigenvalue weighted by Gasteiger charge is -2.08. The molecule has 0 unspecified atom stereocenters. The van der Waals surface area contributed by atoms with E-state index in [9.17, 15) is 13.2 Å². The minimum absolute atomic E-state index is 0.0900. The van der Waals surface area contributed by atoms with E-state index in [-0.39, 0.29) is 18.8 Å². The van der Waals surface area contributed by atoms with Gasteiger partial charge in [-0.25, -0.2) is 8.42 Å². The fourth-order valence-electron chi connectivity index (χ4n) is 1.43. The highest BCUT2D eigenvalue weighted by atomic mass is 32.2. The molecule has 5 nitrogen and oxygen atoms in total. The monoisotopic (exact) mass is 285 g/mol. The van der Waals surface area contributed by atoms with E-state index in [2.05, 4.69) is 0 Å². The van der Waals surface area contributed by atoms with Gasteiger partial charge in [-0.2, -0.15) is 0 Å². The summed E-state index contributed by atoms with van der Waals surface area (Å²) in [6.45, 7) is 3.09. The maximum absolute atomic E-state index is 11.5. The molecule has 0 aromatic heterocycles. The van der Waals surface area contributed by atoms with E-state index in [1.165, 1.54) is 0 Å². The van der Waals surface area contributed by atoms with Gasteiger partial charge in [0.2, 0.25) is 0 Å². The van der Waals surface area contributed by atoms with Gasteiger partial charge in [0, 0.05) is 5.69 Å². The lowest BCUT2D eigenvalue weighted by molar-refractivity contribution is -0.142. The molecule has 0 heterocycles. The second kappa shape index (κ2) is 6.56. The molecular formula is C13H19NO4S. The molecule has 0 atom stereocenters. The average molecular weight is 285 g/mol. The first-order valence-corrected chi connectivity index (χ1v) is 7.74. The molecule has 1 aromatic carbocycles. The summed E-state index contributed by atoms with van der Waals surface area (Å²) in [6.07, 6.45) is 0.0900. The molecule has 0 radical (unpaired) electrons. The molecular weight excluding hydrogens is 266 g/mol. The third kappa shape index (κ3) is 5.30. The fraction of sp³-hybridized carbons (Fsp3) is 0.462. The number of hydrogen-bond acceptors (Lipinski definition) is 5. The fourth-order valence-corrected chi connectivity index (χ4v) is 2.22. The van der Waals surface area contributed by atoms with Gasteiger partial charge in [-0.1, -0.05) is 12.1 Å². The number of hydrogen-bond donors (Lipinski definition) is 1. The Bertz CT molecular complexity index is 537. The zero-order valence-corrected chi connectivity index (χ0v) is 11.9. The summed E-state index contributed by atoms with van der Waals surface area (Å²) in [7, 11) is -3.17. The van der Waals surface area contributed by atoms with Crippen LogP contribution in [-0.2, 0) is 25.8 Å². The zero-order chi connectivity index (χ0) is 14.5. The van der Waals surface area contributed by atoms with Crippen LogP contribution in [0, 0.1) is 0 Å². The number of carbonyl (C=O) groups excluding carboxylic acids is 1. The number of nitrogens with two attached hydrogens (primary N) is 1. The van der Waals surface area contributed by atoms with Crippen LogP contribution >= 0.6 is 0 Å². The highest BCUT2D eigenvalue weighted by molar-refractivity contribution is 7.91. The van der Waals surface area contributed by atoms with E-state index in [0.717, 1.165) is 5.56 Å². The van der Waals surface area contributed by atoms with Crippen LogP contribution in [0.1, 0.15) is 19.4 Å². The predicted octanol–water partition coefficient (Wildman–Crippen LogP) is 1.18. The molecule has 0 saturated heterocycles. The van der Waals surface area contributed by atoms with Crippen molar-refractivity contribution < 1.29 is 17.9 Å². The van der Waals surface area contributed by atoms with Crippen molar-refractivity contribution in [3.8, 4) is 0 Å². The molecule has 0 aliphatic rings. The molecule has 2 N–H and O–H groups in total. The average Bonchev–Trinajstić information content (AvgIpc) is 2.28. The lowest BCUT2D eigenvalue weighted by atomic mass is 10.1. The van der Waals surface area contributed by atoms with Crippen LogP contribution < -0.4 is 5.73 Å². The Morgan fingerprint density at radius 3 is 2.63 bits per heavy atom. The summed E-state index contributed by atoms with van der Waals surface area (Å²) < 4.78 is 27.9. The van der Waals surface area contributed by atoms with Gasteiger partial charge in [-0.15, -0.1) is 0 Å². The van der Waals surface area contributed by atoms with E-state index in [0.29, 0.717) is 5.69 Å². The summed E-state index contributed by atoms with van der Waals surface area (Å²) in [5, 5.41) is -0.458. The van der Waals surface area contributed by atoms with E-state index in [4.69, 9.17) is 10.5 Å². The molecule has 0 bridgehead atoms. The van der Waals surface area contributed by atoms with Gasteiger partial charge in [-0.3, -0.25) is 4.79 Å². The molecule has 0 spiro atoms. The first-order valence-electron chi connectivity index (χ1n) is 6.03. The molecule has 1 rings (SSSR count). The van der Waals surface area contributed by atoms with Crippen LogP contribution in [-0.4, -0.2) is 32.0 Å². The van der Waals surface area contributed by atoms with Crippen molar-refractivity contribution in [3.05, 3.63) is 29.8 Å². The minimum atomic E-state index is -3.17. The molecule has 0 fully saturated rings. The van der Waals surface area contributed by atoms with Crippen LogP contribution in [0.4, 0.5) is 5.69 Å². The topological polar surface area (TPSA) is 86.5 Å². The summed E-state index contributed by atoms with van der Waals surface area (Å²) in [5.41, 5.74) is 6.92. The Balaban J connectivity index is 2.41. The first-order chi connectivity index (χ1) is 8.81. The van der Waals surface area contributed by atoms with E-state index < -0.39 is 21.1 Å². The van der Waals surface area contributed by atoms with E-state index >= 15 is 0 Å². The zero-order valence-electron chi connectivity index (χ0n) is 11.1. The van der Waals surface area contributed by atoms with Crippen LogP contribution in [0.5, 0.6) is 0 Å². The van der Waals surface area contributed by atoms with Crippen molar-refractivity contribution in [3.63, 3.8) is 0 Å². The summed E-state index contributed by atoms with van der Waals surface area (Å²) in [6, 6.07) is 6.93. The Kier molecular flexibility index (Phi) is 5.35. The van der Waals surface area contributed by atoms with Gasteiger partial charge in [0.25, 0.3) is 0 Å². The van der Waals surface area contributed by atoms with Gasteiger partial charge in [0.05, 0.1) is 17.4 Å². The predicted molar refractivity (Wildman–Crippen MR) is 74.4 cm³/mol. The Labute approximate surface area is 113 Å². The van der Waals surface area contributed by atoms with Crippen molar-refractivity contribution in [2.24, 2.45) is 0 Å². The standard InChI is InChI=1S/C13H19NO4S/c1-10(2)19(16,17)7-6-18-13(15)9-11-4-3-5-12(14)8-11/h3-5,8,10H,6-7,9,14H2,1-2H3. The number of anilines is 1. The van der Waals surface area contributed by atoms with Crippen LogP contribution in [0.2, 0.25) is 0 Å². The second-order valence-electron chi connectivity index (χ2n) is 4.56. The Morgan fingerprint density at radius 2 is 2.05 bits per heavy atom. The number of benzene rings is 1. The summed E-state index contributed by atoms with van der Waals surface area (Å²) in [5.74, 6) is -0.600. The second-order valence-corrected chi connectivity index (χ2v) is 7.23.